The highest BCUT2D eigenvalue weighted by molar-refractivity contribution is 5.66. The largest absolute Gasteiger partial charge is 0.485 e. The fourth-order valence-corrected chi connectivity index (χ4v) is 2.39. The van der Waals surface area contributed by atoms with Crippen molar-refractivity contribution in [1.82, 2.24) is 0 Å². The van der Waals surface area contributed by atoms with E-state index in [9.17, 15) is 8.78 Å². The maximum absolute atomic E-state index is 14.1. The number of hydrogen-bond donors (Lipinski definition) is 1. The second-order valence-electron chi connectivity index (χ2n) is 5.46. The summed E-state index contributed by atoms with van der Waals surface area (Å²) >= 11 is 0. The van der Waals surface area contributed by atoms with E-state index in [2.05, 4.69) is 5.32 Å². The lowest BCUT2D eigenvalue weighted by Crippen LogP contribution is -2.02. The van der Waals surface area contributed by atoms with Crippen LogP contribution in [0.25, 0.3) is 0 Å². The Labute approximate surface area is 139 Å². The lowest BCUT2D eigenvalue weighted by atomic mass is 10.1. The summed E-state index contributed by atoms with van der Waals surface area (Å²) < 4.78 is 32.8. The average Bonchev–Trinajstić information content (AvgIpc) is 2.60. The SMILES string of the molecule is Cc1c(Nc2ccc(F)cc2)ccc(F)c1OCc1ccccc1. The van der Waals surface area contributed by atoms with E-state index in [-0.39, 0.29) is 11.6 Å². The van der Waals surface area contributed by atoms with Crippen molar-refractivity contribution in [1.29, 1.82) is 0 Å². The molecule has 0 fully saturated rings. The number of hydrogen-bond acceptors (Lipinski definition) is 2. The number of halogens is 2. The van der Waals surface area contributed by atoms with Crippen LogP contribution in [0.2, 0.25) is 0 Å². The molecule has 0 spiro atoms. The number of rotatable bonds is 5. The molecule has 0 atom stereocenters. The van der Waals surface area contributed by atoms with Crippen molar-refractivity contribution in [3.63, 3.8) is 0 Å². The highest BCUT2D eigenvalue weighted by Gasteiger charge is 2.12. The fraction of sp³-hybridized carbons (Fsp3) is 0.100. The number of nitrogens with one attached hydrogen (secondary N) is 1. The predicted octanol–water partition coefficient (Wildman–Crippen LogP) is 5.60. The zero-order chi connectivity index (χ0) is 16.9. The molecule has 3 rings (SSSR count). The van der Waals surface area contributed by atoms with E-state index in [0.717, 1.165) is 11.3 Å². The van der Waals surface area contributed by atoms with Crippen molar-refractivity contribution in [3.05, 3.63) is 89.5 Å². The van der Waals surface area contributed by atoms with E-state index in [1.165, 1.54) is 18.2 Å². The fourth-order valence-electron chi connectivity index (χ4n) is 2.39. The van der Waals surface area contributed by atoms with Crippen molar-refractivity contribution in [3.8, 4) is 5.75 Å². The predicted molar refractivity (Wildman–Crippen MR) is 91.6 cm³/mol. The summed E-state index contributed by atoms with van der Waals surface area (Å²) in [4.78, 5) is 0. The molecule has 0 bridgehead atoms. The molecule has 0 aromatic heterocycles. The third-order valence-corrected chi connectivity index (χ3v) is 3.71. The molecular formula is C20H17F2NO. The molecule has 3 aromatic carbocycles. The molecule has 0 heterocycles. The van der Waals surface area contributed by atoms with E-state index in [1.807, 2.05) is 30.3 Å². The number of anilines is 2. The van der Waals surface area contributed by atoms with Gasteiger partial charge in [-0.15, -0.1) is 0 Å². The van der Waals surface area contributed by atoms with Gasteiger partial charge in [-0.25, -0.2) is 8.78 Å². The first-order valence-corrected chi connectivity index (χ1v) is 7.62. The second-order valence-corrected chi connectivity index (χ2v) is 5.46. The van der Waals surface area contributed by atoms with Crippen LogP contribution in [-0.4, -0.2) is 0 Å². The highest BCUT2D eigenvalue weighted by Crippen LogP contribution is 2.31. The van der Waals surface area contributed by atoms with E-state index < -0.39 is 5.82 Å². The molecule has 0 saturated carbocycles. The third kappa shape index (κ3) is 3.71. The molecule has 122 valence electrons. The maximum Gasteiger partial charge on any atom is 0.165 e. The lowest BCUT2D eigenvalue weighted by Gasteiger charge is -2.15. The molecule has 0 aliphatic carbocycles. The van der Waals surface area contributed by atoms with Gasteiger partial charge in [0, 0.05) is 16.9 Å². The smallest absolute Gasteiger partial charge is 0.165 e. The minimum atomic E-state index is -0.409. The molecule has 24 heavy (non-hydrogen) atoms. The van der Waals surface area contributed by atoms with Gasteiger partial charge in [0.25, 0.3) is 0 Å². The normalized spacial score (nSPS) is 10.5. The molecule has 3 aromatic rings. The Balaban J connectivity index is 1.80. The van der Waals surface area contributed by atoms with Gasteiger partial charge in [0.1, 0.15) is 12.4 Å². The van der Waals surface area contributed by atoms with Crippen LogP contribution in [0, 0.1) is 18.6 Å². The summed E-state index contributed by atoms with van der Waals surface area (Å²) in [5.41, 5.74) is 3.06. The van der Waals surface area contributed by atoms with Crippen molar-refractivity contribution >= 4 is 11.4 Å². The Hall–Kier alpha value is -2.88. The van der Waals surface area contributed by atoms with Gasteiger partial charge in [-0.3, -0.25) is 0 Å². The quantitative estimate of drug-likeness (QED) is 0.659. The molecule has 0 amide bonds. The van der Waals surface area contributed by atoms with Gasteiger partial charge in [-0.1, -0.05) is 30.3 Å². The average molecular weight is 325 g/mol. The van der Waals surface area contributed by atoms with Gasteiger partial charge >= 0.3 is 0 Å². The molecule has 2 nitrogen and oxygen atoms in total. The monoisotopic (exact) mass is 325 g/mol. The summed E-state index contributed by atoms with van der Waals surface area (Å²) in [6.07, 6.45) is 0. The third-order valence-electron chi connectivity index (χ3n) is 3.71. The minimum absolute atomic E-state index is 0.214. The van der Waals surface area contributed by atoms with Gasteiger partial charge in [0.15, 0.2) is 11.6 Å². The van der Waals surface area contributed by atoms with Gasteiger partial charge < -0.3 is 10.1 Å². The summed E-state index contributed by atoms with van der Waals surface area (Å²) in [6, 6.07) is 18.6. The Morgan fingerprint density at radius 1 is 0.875 bits per heavy atom. The van der Waals surface area contributed by atoms with Crippen LogP contribution in [0.1, 0.15) is 11.1 Å². The summed E-state index contributed by atoms with van der Waals surface area (Å²) in [7, 11) is 0. The molecule has 0 radical (unpaired) electrons. The van der Waals surface area contributed by atoms with Gasteiger partial charge in [0.05, 0.1) is 0 Å². The lowest BCUT2D eigenvalue weighted by molar-refractivity contribution is 0.288. The van der Waals surface area contributed by atoms with Crippen molar-refractivity contribution in [2.75, 3.05) is 5.32 Å². The highest BCUT2D eigenvalue weighted by atomic mass is 19.1. The van der Waals surface area contributed by atoms with E-state index in [1.54, 1.807) is 25.1 Å². The van der Waals surface area contributed by atoms with E-state index in [0.29, 0.717) is 17.9 Å². The first kappa shape index (κ1) is 16.0. The van der Waals surface area contributed by atoms with E-state index in [4.69, 9.17) is 4.74 Å². The molecule has 0 aliphatic heterocycles. The number of ether oxygens (including phenoxy) is 1. The summed E-state index contributed by atoms with van der Waals surface area (Å²) in [5, 5.41) is 3.15. The van der Waals surface area contributed by atoms with Crippen molar-refractivity contribution < 1.29 is 13.5 Å². The first-order valence-electron chi connectivity index (χ1n) is 7.62. The van der Waals surface area contributed by atoms with Crippen LogP contribution < -0.4 is 10.1 Å². The molecule has 1 N–H and O–H groups in total. The molecule has 0 saturated heterocycles. The number of benzene rings is 3. The zero-order valence-corrected chi connectivity index (χ0v) is 13.2. The molecule has 0 unspecified atom stereocenters. The van der Waals surface area contributed by atoms with Gasteiger partial charge in [-0.2, -0.15) is 0 Å². The van der Waals surface area contributed by atoms with Crippen LogP contribution in [0.15, 0.2) is 66.7 Å². The van der Waals surface area contributed by atoms with Crippen molar-refractivity contribution in [2.45, 2.75) is 13.5 Å². The van der Waals surface area contributed by atoms with Crippen molar-refractivity contribution in [2.24, 2.45) is 0 Å². The first-order chi connectivity index (χ1) is 11.6. The van der Waals surface area contributed by atoms with Gasteiger partial charge in [-0.05, 0) is 48.9 Å². The zero-order valence-electron chi connectivity index (χ0n) is 13.2. The van der Waals surface area contributed by atoms with Crippen LogP contribution in [0.5, 0.6) is 5.75 Å². The molecule has 0 aliphatic rings. The topological polar surface area (TPSA) is 21.3 Å². The Morgan fingerprint density at radius 2 is 1.58 bits per heavy atom. The molecular weight excluding hydrogens is 308 g/mol. The second kappa shape index (κ2) is 7.13. The standard InChI is InChI=1S/C20H17F2NO/c1-14-19(23-17-9-7-16(21)8-10-17)12-11-18(22)20(14)24-13-15-5-3-2-4-6-15/h2-12,23H,13H2,1H3. The summed E-state index contributed by atoms with van der Waals surface area (Å²) in [5.74, 6) is -0.498. The van der Waals surface area contributed by atoms with Crippen LogP contribution in [0.4, 0.5) is 20.2 Å². The van der Waals surface area contributed by atoms with E-state index >= 15 is 0 Å². The Morgan fingerprint density at radius 3 is 2.29 bits per heavy atom. The summed E-state index contributed by atoms with van der Waals surface area (Å²) in [6.45, 7) is 2.08. The minimum Gasteiger partial charge on any atom is -0.485 e. The molecule has 4 heteroatoms. The van der Waals surface area contributed by atoms with Gasteiger partial charge in [0.2, 0.25) is 0 Å². The van der Waals surface area contributed by atoms with Crippen LogP contribution in [0.3, 0.4) is 0 Å². The van der Waals surface area contributed by atoms with Crippen LogP contribution in [-0.2, 0) is 6.61 Å². The maximum atomic E-state index is 14.1. The Kier molecular flexibility index (Phi) is 4.75. The Bertz CT molecular complexity index is 817. The van der Waals surface area contributed by atoms with Crippen LogP contribution >= 0.6 is 0 Å².